The Morgan fingerprint density at radius 3 is 2.77 bits per heavy atom. The molecule has 0 radical (unpaired) electrons. The molecule has 4 heteroatoms. The Hall–Kier alpha value is -0.610. The van der Waals surface area contributed by atoms with Crippen molar-refractivity contribution in [3.63, 3.8) is 0 Å². The largest absolute Gasteiger partial charge is 0.295 e. The maximum Gasteiger partial charge on any atom is 0.263 e. The van der Waals surface area contributed by atoms with Crippen LogP contribution in [0.4, 0.5) is 0 Å². The van der Waals surface area contributed by atoms with Crippen LogP contribution in [-0.4, -0.2) is 49.2 Å². The Kier molecular flexibility index (Phi) is 3.69. The minimum absolute atomic E-state index is 0.0277. The zero-order chi connectivity index (χ0) is 9.84. The highest BCUT2D eigenvalue weighted by Crippen LogP contribution is 2.16. The summed E-state index contributed by atoms with van der Waals surface area (Å²) in [4.78, 5) is 18.8. The van der Waals surface area contributed by atoms with E-state index in [1.807, 2.05) is 14.0 Å². The smallest absolute Gasteiger partial charge is 0.263 e. The molecule has 1 fully saturated rings. The number of hydrogen-bond donors (Lipinski definition) is 0. The van der Waals surface area contributed by atoms with Crippen LogP contribution < -0.4 is 0 Å². The molecule has 76 valence electrons. The molecule has 1 atom stereocenters. The molecule has 0 aromatic heterocycles. The van der Waals surface area contributed by atoms with Crippen LogP contribution in [0.2, 0.25) is 0 Å². The molecule has 1 aliphatic heterocycles. The highest BCUT2D eigenvalue weighted by molar-refractivity contribution is 5.81. The Morgan fingerprint density at radius 1 is 1.69 bits per heavy atom. The summed E-state index contributed by atoms with van der Waals surface area (Å²) < 4.78 is 0. The molecule has 0 bridgehead atoms. The quantitative estimate of drug-likeness (QED) is 0.601. The fourth-order valence-corrected chi connectivity index (χ4v) is 1.76. The van der Waals surface area contributed by atoms with Crippen LogP contribution in [0, 0.1) is 0 Å². The molecule has 0 spiro atoms. The first kappa shape index (κ1) is 10.5. The summed E-state index contributed by atoms with van der Waals surface area (Å²) in [5.74, 6) is 0.0880. The normalized spacial score (nSPS) is 23.5. The van der Waals surface area contributed by atoms with Gasteiger partial charge < -0.3 is 0 Å². The number of hydroxylamine groups is 2. The third-order valence-electron chi connectivity index (χ3n) is 2.56. The van der Waals surface area contributed by atoms with Gasteiger partial charge in [-0.25, -0.2) is 5.06 Å². The third kappa shape index (κ3) is 2.19. The summed E-state index contributed by atoms with van der Waals surface area (Å²) in [6.45, 7) is 3.54. The first-order chi connectivity index (χ1) is 6.20. The number of rotatable bonds is 3. The van der Waals surface area contributed by atoms with E-state index in [1.54, 1.807) is 0 Å². The molecule has 4 nitrogen and oxygen atoms in total. The van der Waals surface area contributed by atoms with E-state index in [2.05, 4.69) is 4.90 Å². The van der Waals surface area contributed by atoms with Gasteiger partial charge in [-0.1, -0.05) is 0 Å². The summed E-state index contributed by atoms with van der Waals surface area (Å²) in [7, 11) is 3.52. The predicted octanol–water partition coefficient (Wildman–Crippen LogP) is 0.490. The summed E-state index contributed by atoms with van der Waals surface area (Å²) in [6.07, 6.45) is 2.06. The molecule has 1 amide bonds. The highest BCUT2D eigenvalue weighted by Gasteiger charge is 2.30. The second-order valence-electron chi connectivity index (χ2n) is 3.35. The van der Waals surface area contributed by atoms with E-state index in [0.717, 1.165) is 19.4 Å². The number of amides is 1. The number of carbonyl (C=O) groups excluding carboxylic acids is 1. The molecular weight excluding hydrogens is 168 g/mol. The van der Waals surface area contributed by atoms with Gasteiger partial charge in [-0.2, -0.15) is 0 Å². The molecule has 0 N–H and O–H groups in total. The molecule has 1 rings (SSSR count). The molecule has 0 aromatic rings. The summed E-state index contributed by atoms with van der Waals surface area (Å²) >= 11 is 0. The van der Waals surface area contributed by atoms with E-state index in [-0.39, 0.29) is 11.9 Å². The van der Waals surface area contributed by atoms with Gasteiger partial charge in [-0.05, 0) is 33.4 Å². The molecule has 0 aliphatic carbocycles. The molecule has 0 unspecified atom stereocenters. The minimum Gasteiger partial charge on any atom is -0.295 e. The maximum absolute atomic E-state index is 11.8. The van der Waals surface area contributed by atoms with Gasteiger partial charge in [0.1, 0.15) is 0 Å². The lowest BCUT2D eigenvalue weighted by Crippen LogP contribution is -2.43. The van der Waals surface area contributed by atoms with Crippen LogP contribution in [0.15, 0.2) is 0 Å². The van der Waals surface area contributed by atoms with Gasteiger partial charge in [-0.3, -0.25) is 14.5 Å². The molecule has 13 heavy (non-hydrogen) atoms. The second kappa shape index (κ2) is 4.58. The molecule has 1 saturated heterocycles. The Morgan fingerprint density at radius 2 is 2.38 bits per heavy atom. The maximum atomic E-state index is 11.8. The van der Waals surface area contributed by atoms with Crippen LogP contribution in [0.3, 0.4) is 0 Å². The Labute approximate surface area is 79.4 Å². The lowest BCUT2D eigenvalue weighted by Gasteiger charge is -2.25. The lowest BCUT2D eigenvalue weighted by atomic mass is 10.2. The van der Waals surface area contributed by atoms with Crippen LogP contribution in [0.1, 0.15) is 19.8 Å². The van der Waals surface area contributed by atoms with Crippen LogP contribution >= 0.6 is 0 Å². The van der Waals surface area contributed by atoms with E-state index in [9.17, 15) is 4.79 Å². The molecular formula is C9H18N2O2. The van der Waals surface area contributed by atoms with Gasteiger partial charge in [0.25, 0.3) is 5.91 Å². The average molecular weight is 186 g/mol. The van der Waals surface area contributed by atoms with Crippen molar-refractivity contribution in [2.75, 3.05) is 27.2 Å². The van der Waals surface area contributed by atoms with Gasteiger partial charge in [0, 0.05) is 6.54 Å². The minimum atomic E-state index is 0.0277. The first-order valence-corrected chi connectivity index (χ1v) is 4.76. The number of likely N-dealkylation sites (N-methyl/N-ethyl adjacent to an activating group) is 2. The fraction of sp³-hybridized carbons (Fsp3) is 0.889. The zero-order valence-electron chi connectivity index (χ0n) is 8.62. The molecule has 1 heterocycles. The second-order valence-corrected chi connectivity index (χ2v) is 3.35. The van der Waals surface area contributed by atoms with Crippen LogP contribution in [-0.2, 0) is 9.63 Å². The monoisotopic (exact) mass is 186 g/mol. The van der Waals surface area contributed by atoms with Crippen molar-refractivity contribution in [1.29, 1.82) is 0 Å². The van der Waals surface area contributed by atoms with Gasteiger partial charge >= 0.3 is 0 Å². The number of carbonyl (C=O) groups is 1. The number of likely N-dealkylation sites (tertiary alicyclic amines) is 1. The Balaban J connectivity index is 2.54. The van der Waals surface area contributed by atoms with E-state index in [4.69, 9.17) is 4.84 Å². The predicted molar refractivity (Wildman–Crippen MR) is 50.0 cm³/mol. The van der Waals surface area contributed by atoms with Crippen molar-refractivity contribution in [2.45, 2.75) is 25.8 Å². The number of hydrogen-bond acceptors (Lipinski definition) is 3. The van der Waals surface area contributed by atoms with E-state index in [0.29, 0.717) is 6.54 Å². The van der Waals surface area contributed by atoms with Gasteiger partial charge in [0.2, 0.25) is 0 Å². The average Bonchev–Trinajstić information content (AvgIpc) is 2.53. The van der Waals surface area contributed by atoms with Gasteiger partial charge in [-0.15, -0.1) is 0 Å². The SMILES string of the molecule is CCN(OC)C(=O)[C@@H]1CCCN1C. The zero-order valence-corrected chi connectivity index (χ0v) is 8.62. The fourth-order valence-electron chi connectivity index (χ4n) is 1.76. The molecule has 1 aliphatic rings. The van der Waals surface area contributed by atoms with Crippen molar-refractivity contribution in [2.24, 2.45) is 0 Å². The van der Waals surface area contributed by atoms with E-state index >= 15 is 0 Å². The van der Waals surface area contributed by atoms with Crippen LogP contribution in [0.25, 0.3) is 0 Å². The first-order valence-electron chi connectivity index (χ1n) is 4.76. The van der Waals surface area contributed by atoms with Crippen molar-refractivity contribution < 1.29 is 9.63 Å². The third-order valence-corrected chi connectivity index (χ3v) is 2.56. The van der Waals surface area contributed by atoms with Crippen molar-refractivity contribution >= 4 is 5.91 Å². The summed E-state index contributed by atoms with van der Waals surface area (Å²) in [6, 6.07) is 0.0277. The number of nitrogens with zero attached hydrogens (tertiary/aromatic N) is 2. The van der Waals surface area contributed by atoms with Crippen molar-refractivity contribution in [1.82, 2.24) is 9.96 Å². The molecule has 0 saturated carbocycles. The van der Waals surface area contributed by atoms with Crippen molar-refractivity contribution in [3.05, 3.63) is 0 Å². The van der Waals surface area contributed by atoms with Gasteiger partial charge in [0.05, 0.1) is 13.2 Å². The summed E-state index contributed by atoms with van der Waals surface area (Å²) in [5, 5.41) is 1.42. The summed E-state index contributed by atoms with van der Waals surface area (Å²) in [5.41, 5.74) is 0. The van der Waals surface area contributed by atoms with Gasteiger partial charge in [0.15, 0.2) is 0 Å². The topological polar surface area (TPSA) is 32.8 Å². The Bertz CT molecular complexity index is 180. The van der Waals surface area contributed by atoms with E-state index in [1.165, 1.54) is 12.2 Å². The molecule has 0 aromatic carbocycles. The highest BCUT2D eigenvalue weighted by atomic mass is 16.7. The lowest BCUT2D eigenvalue weighted by molar-refractivity contribution is -0.179. The van der Waals surface area contributed by atoms with Crippen molar-refractivity contribution in [3.8, 4) is 0 Å². The van der Waals surface area contributed by atoms with E-state index < -0.39 is 0 Å². The van der Waals surface area contributed by atoms with Crippen LogP contribution in [0.5, 0.6) is 0 Å². The standard InChI is InChI=1S/C9H18N2O2/c1-4-11(13-3)9(12)8-6-5-7-10(8)2/h8H,4-7H2,1-3H3/t8-/m0/s1.